The molecule has 0 bridgehead atoms. The molecule has 0 spiro atoms. The number of methoxy groups -OCH3 is 1. The smallest absolute Gasteiger partial charge is 0.290 e. The van der Waals surface area contributed by atoms with E-state index in [4.69, 9.17) is 9.15 Å². The Balaban J connectivity index is 3.13. The molecule has 0 N–H and O–H groups in total. The second kappa shape index (κ2) is 2.81. The van der Waals surface area contributed by atoms with Crippen molar-refractivity contribution in [2.75, 3.05) is 7.11 Å². The van der Waals surface area contributed by atoms with Crippen molar-refractivity contribution in [2.45, 2.75) is 26.2 Å². The molecule has 0 aromatic carbocycles. The Morgan fingerprint density at radius 2 is 2.00 bits per heavy atom. The SMILES string of the molecule is COc1oc(F)cc1C(C)(C)C. The largest absolute Gasteiger partial charge is 0.468 e. The Bertz CT molecular complexity index is 271. The second-order valence-electron chi connectivity index (χ2n) is 3.71. The minimum absolute atomic E-state index is 0.154. The van der Waals surface area contributed by atoms with Gasteiger partial charge in [-0.05, 0) is 5.41 Å². The van der Waals surface area contributed by atoms with Crippen molar-refractivity contribution in [3.05, 3.63) is 17.6 Å². The summed E-state index contributed by atoms with van der Waals surface area (Å²) in [7, 11) is 1.47. The van der Waals surface area contributed by atoms with Gasteiger partial charge in [0.05, 0.1) is 7.11 Å². The normalized spacial score (nSPS) is 11.8. The van der Waals surface area contributed by atoms with E-state index in [-0.39, 0.29) is 11.4 Å². The molecule has 0 aliphatic heterocycles. The lowest BCUT2D eigenvalue weighted by molar-refractivity contribution is 0.247. The van der Waals surface area contributed by atoms with E-state index >= 15 is 0 Å². The van der Waals surface area contributed by atoms with Gasteiger partial charge in [-0.2, -0.15) is 4.39 Å². The van der Waals surface area contributed by atoms with Gasteiger partial charge in [-0.25, -0.2) is 0 Å². The highest BCUT2D eigenvalue weighted by molar-refractivity contribution is 5.30. The van der Waals surface area contributed by atoms with Gasteiger partial charge < -0.3 is 9.15 Å². The lowest BCUT2D eigenvalue weighted by Crippen LogP contribution is -2.10. The Hall–Kier alpha value is -0.990. The summed E-state index contributed by atoms with van der Waals surface area (Å²) in [5.41, 5.74) is 0.599. The lowest BCUT2D eigenvalue weighted by atomic mass is 9.89. The van der Waals surface area contributed by atoms with Gasteiger partial charge in [0.15, 0.2) is 0 Å². The molecule has 12 heavy (non-hydrogen) atoms. The van der Waals surface area contributed by atoms with Crippen molar-refractivity contribution in [2.24, 2.45) is 0 Å². The summed E-state index contributed by atoms with van der Waals surface area (Å²) in [6, 6.07) is 0.760. The van der Waals surface area contributed by atoms with E-state index in [0.717, 1.165) is 5.56 Å². The molecule has 1 aromatic heterocycles. The maximum absolute atomic E-state index is 12.7. The Labute approximate surface area is 71.3 Å². The first-order chi connectivity index (χ1) is 5.45. The minimum atomic E-state index is -0.600. The fraction of sp³-hybridized carbons (Fsp3) is 0.556. The van der Waals surface area contributed by atoms with Crippen LogP contribution in [0.1, 0.15) is 26.3 Å². The van der Waals surface area contributed by atoms with Crippen LogP contribution in [0.2, 0.25) is 0 Å². The molecule has 0 aliphatic rings. The summed E-state index contributed by atoms with van der Waals surface area (Å²) in [6.45, 7) is 5.92. The monoisotopic (exact) mass is 172 g/mol. The molecule has 0 saturated heterocycles. The Morgan fingerprint density at radius 3 is 2.33 bits per heavy atom. The third kappa shape index (κ3) is 1.60. The lowest BCUT2D eigenvalue weighted by Gasteiger charge is -2.16. The van der Waals surface area contributed by atoms with Crippen LogP contribution in [-0.4, -0.2) is 7.11 Å². The topological polar surface area (TPSA) is 22.4 Å². The highest BCUT2D eigenvalue weighted by atomic mass is 19.1. The van der Waals surface area contributed by atoms with Crippen molar-refractivity contribution in [3.8, 4) is 5.95 Å². The van der Waals surface area contributed by atoms with E-state index in [9.17, 15) is 4.39 Å². The summed E-state index contributed by atoms with van der Waals surface area (Å²) in [6.07, 6.45) is 0. The van der Waals surface area contributed by atoms with E-state index in [0.29, 0.717) is 0 Å². The van der Waals surface area contributed by atoms with Gasteiger partial charge >= 0.3 is 0 Å². The predicted octanol–water partition coefficient (Wildman–Crippen LogP) is 2.72. The van der Waals surface area contributed by atoms with E-state index in [2.05, 4.69) is 0 Å². The van der Waals surface area contributed by atoms with Crippen molar-refractivity contribution < 1.29 is 13.5 Å². The van der Waals surface area contributed by atoms with Crippen molar-refractivity contribution >= 4 is 0 Å². The van der Waals surface area contributed by atoms with Gasteiger partial charge in [0, 0.05) is 11.6 Å². The molecule has 0 saturated carbocycles. The summed E-state index contributed by atoms with van der Waals surface area (Å²) >= 11 is 0. The molecule has 0 unspecified atom stereocenters. The van der Waals surface area contributed by atoms with Gasteiger partial charge in [0.25, 0.3) is 12.0 Å². The molecule has 1 rings (SSSR count). The molecule has 0 atom stereocenters. The maximum Gasteiger partial charge on any atom is 0.290 e. The molecule has 2 nitrogen and oxygen atoms in total. The third-order valence-corrected chi connectivity index (χ3v) is 1.66. The third-order valence-electron chi connectivity index (χ3n) is 1.66. The zero-order chi connectivity index (χ0) is 9.35. The molecule has 0 fully saturated rings. The number of furan rings is 1. The molecule has 1 aromatic rings. The number of rotatable bonds is 1. The molecular weight excluding hydrogens is 159 g/mol. The number of hydrogen-bond acceptors (Lipinski definition) is 2. The van der Waals surface area contributed by atoms with Crippen molar-refractivity contribution in [3.63, 3.8) is 0 Å². The van der Waals surface area contributed by atoms with Crippen LogP contribution in [0.15, 0.2) is 10.5 Å². The minimum Gasteiger partial charge on any atom is -0.468 e. The van der Waals surface area contributed by atoms with Crippen LogP contribution in [0.4, 0.5) is 4.39 Å². The van der Waals surface area contributed by atoms with Crippen LogP contribution >= 0.6 is 0 Å². The van der Waals surface area contributed by atoms with E-state index < -0.39 is 6.01 Å². The van der Waals surface area contributed by atoms with Crippen molar-refractivity contribution in [1.82, 2.24) is 0 Å². The molecule has 0 radical (unpaired) electrons. The van der Waals surface area contributed by atoms with E-state index in [1.165, 1.54) is 13.2 Å². The van der Waals surface area contributed by atoms with E-state index in [1.807, 2.05) is 20.8 Å². The van der Waals surface area contributed by atoms with Gasteiger partial charge in [-0.3, -0.25) is 0 Å². The molecule has 1 heterocycles. The summed E-state index contributed by atoms with van der Waals surface area (Å²) in [4.78, 5) is 0. The zero-order valence-corrected chi connectivity index (χ0v) is 7.77. The van der Waals surface area contributed by atoms with Crippen molar-refractivity contribution in [1.29, 1.82) is 0 Å². The van der Waals surface area contributed by atoms with Gasteiger partial charge in [-0.1, -0.05) is 20.8 Å². The maximum atomic E-state index is 12.7. The van der Waals surface area contributed by atoms with Crippen LogP contribution in [0, 0.1) is 6.01 Å². The molecule has 0 amide bonds. The van der Waals surface area contributed by atoms with Crippen LogP contribution in [0.3, 0.4) is 0 Å². The quantitative estimate of drug-likeness (QED) is 0.649. The zero-order valence-electron chi connectivity index (χ0n) is 7.77. The fourth-order valence-corrected chi connectivity index (χ4v) is 1.02. The number of halogens is 1. The van der Waals surface area contributed by atoms with Crippen LogP contribution in [0.25, 0.3) is 0 Å². The van der Waals surface area contributed by atoms with E-state index in [1.54, 1.807) is 0 Å². The standard InChI is InChI=1S/C9H13FO2/c1-9(2,3)6-5-7(10)12-8(6)11-4/h5H,1-4H3. The molecule has 0 aliphatic carbocycles. The predicted molar refractivity (Wildman–Crippen MR) is 43.9 cm³/mol. The highest BCUT2D eigenvalue weighted by Gasteiger charge is 2.23. The number of ether oxygens (including phenoxy) is 1. The summed E-state index contributed by atoms with van der Waals surface area (Å²) < 4.78 is 22.2. The van der Waals surface area contributed by atoms with Crippen LogP contribution in [-0.2, 0) is 5.41 Å². The van der Waals surface area contributed by atoms with Crippen LogP contribution in [0.5, 0.6) is 5.95 Å². The van der Waals surface area contributed by atoms with Gasteiger partial charge in [0.1, 0.15) is 0 Å². The molecule has 3 heteroatoms. The van der Waals surface area contributed by atoms with Crippen LogP contribution < -0.4 is 4.74 Å². The first-order valence-electron chi connectivity index (χ1n) is 3.79. The van der Waals surface area contributed by atoms with Gasteiger partial charge in [-0.15, -0.1) is 0 Å². The second-order valence-corrected chi connectivity index (χ2v) is 3.71. The highest BCUT2D eigenvalue weighted by Crippen LogP contribution is 2.33. The first kappa shape index (κ1) is 9.10. The average Bonchev–Trinajstić information content (AvgIpc) is 2.29. The average molecular weight is 172 g/mol. The molecular formula is C9H13FO2. The summed E-state index contributed by atoms with van der Waals surface area (Å²) in [5.74, 6) is 0.264. The first-order valence-corrected chi connectivity index (χ1v) is 3.79. The van der Waals surface area contributed by atoms with Gasteiger partial charge in [0.2, 0.25) is 0 Å². The molecule has 68 valence electrons. The fourth-order valence-electron chi connectivity index (χ4n) is 1.02. The summed E-state index contributed by atoms with van der Waals surface area (Å²) in [5, 5.41) is 0. The Kier molecular flexibility index (Phi) is 2.13. The number of hydrogen-bond donors (Lipinski definition) is 0. The Morgan fingerprint density at radius 1 is 1.42 bits per heavy atom.